The van der Waals surface area contributed by atoms with Crippen molar-refractivity contribution in [3.63, 3.8) is 0 Å². The molecule has 2 aliphatic rings. The second-order valence-electron chi connectivity index (χ2n) is 4.68. The van der Waals surface area contributed by atoms with Crippen LogP contribution in [0.5, 0.6) is 0 Å². The molecule has 2 saturated heterocycles. The lowest BCUT2D eigenvalue weighted by molar-refractivity contribution is -0.183. The van der Waals surface area contributed by atoms with Crippen LogP contribution in [0, 0.1) is 0 Å². The van der Waals surface area contributed by atoms with Crippen molar-refractivity contribution in [3.8, 4) is 0 Å². The van der Waals surface area contributed by atoms with Crippen LogP contribution in [0.25, 0.3) is 0 Å². The van der Waals surface area contributed by atoms with Gasteiger partial charge < -0.3 is 14.4 Å². The normalized spacial score (nSPS) is 22.1. The number of rotatable bonds is 1. The topological polar surface area (TPSA) is 38.8 Å². The molecule has 0 aromatic carbocycles. The third-order valence-corrected chi connectivity index (χ3v) is 4.89. The lowest BCUT2D eigenvalue weighted by Crippen LogP contribution is -2.51. The molecule has 104 valence electrons. The number of nitrogens with zero attached hydrogens (tertiary/aromatic N) is 1. The van der Waals surface area contributed by atoms with E-state index in [0.717, 1.165) is 12.8 Å². The average molecular weight is 322 g/mol. The van der Waals surface area contributed by atoms with E-state index in [0.29, 0.717) is 40.5 Å². The molecule has 0 aliphatic carbocycles. The summed E-state index contributed by atoms with van der Waals surface area (Å²) in [4.78, 5) is 14.2. The van der Waals surface area contributed by atoms with Crippen molar-refractivity contribution in [2.24, 2.45) is 0 Å². The quantitative estimate of drug-likeness (QED) is 0.798. The summed E-state index contributed by atoms with van der Waals surface area (Å²) in [5, 5.41) is 0. The molecule has 1 amide bonds. The first-order valence-corrected chi connectivity index (χ1v) is 7.69. The zero-order chi connectivity index (χ0) is 13.5. The van der Waals surface area contributed by atoms with Gasteiger partial charge in [0.1, 0.15) is 4.34 Å². The molecule has 1 aromatic rings. The Balaban J connectivity index is 1.78. The van der Waals surface area contributed by atoms with Crippen molar-refractivity contribution < 1.29 is 14.3 Å². The second kappa shape index (κ2) is 5.22. The van der Waals surface area contributed by atoms with Gasteiger partial charge in [-0.1, -0.05) is 23.2 Å². The van der Waals surface area contributed by atoms with Gasteiger partial charge >= 0.3 is 0 Å². The number of piperidine rings is 1. The highest BCUT2D eigenvalue weighted by Crippen LogP contribution is 2.35. The molecule has 3 heterocycles. The van der Waals surface area contributed by atoms with E-state index >= 15 is 0 Å². The molecular formula is C12H13Cl2NO3S. The van der Waals surface area contributed by atoms with Crippen LogP contribution in [0.4, 0.5) is 0 Å². The summed E-state index contributed by atoms with van der Waals surface area (Å²) in [6.45, 7) is 2.33. The van der Waals surface area contributed by atoms with Gasteiger partial charge in [0.25, 0.3) is 5.91 Å². The fourth-order valence-electron chi connectivity index (χ4n) is 2.55. The van der Waals surface area contributed by atoms with E-state index in [1.165, 1.54) is 11.3 Å². The van der Waals surface area contributed by atoms with E-state index < -0.39 is 5.79 Å². The Kier molecular flexibility index (Phi) is 3.75. The molecule has 0 unspecified atom stereocenters. The summed E-state index contributed by atoms with van der Waals surface area (Å²) in [6.07, 6.45) is 1.69. The number of carbonyl (C=O) groups excluding carboxylic acids is 1. The molecule has 2 fully saturated rings. The van der Waals surface area contributed by atoms with Crippen molar-refractivity contribution in [2.75, 3.05) is 26.3 Å². The van der Waals surface area contributed by atoms with Gasteiger partial charge in [0, 0.05) is 13.0 Å². The first-order valence-electron chi connectivity index (χ1n) is 6.12. The summed E-state index contributed by atoms with van der Waals surface area (Å²) in [7, 11) is 0. The Bertz CT molecular complexity index is 499. The molecule has 0 atom stereocenters. The predicted molar refractivity (Wildman–Crippen MR) is 74.1 cm³/mol. The maximum absolute atomic E-state index is 12.5. The molecule has 0 N–H and O–H groups in total. The van der Waals surface area contributed by atoms with Gasteiger partial charge in [-0.2, -0.15) is 0 Å². The van der Waals surface area contributed by atoms with E-state index in [9.17, 15) is 4.79 Å². The second-order valence-corrected chi connectivity index (χ2v) is 6.96. The summed E-state index contributed by atoms with van der Waals surface area (Å²) in [6, 6.07) is 1.62. The molecule has 1 aromatic heterocycles. The Hall–Kier alpha value is -0.330. The predicted octanol–water partition coefficient (Wildman–Crippen LogP) is 3.03. The maximum atomic E-state index is 12.5. The van der Waals surface area contributed by atoms with Crippen LogP contribution in [-0.2, 0) is 9.47 Å². The van der Waals surface area contributed by atoms with Gasteiger partial charge in [0.15, 0.2) is 5.79 Å². The molecule has 4 nitrogen and oxygen atoms in total. The first kappa shape index (κ1) is 13.6. The SMILES string of the molecule is O=C(c1cc(Cl)sc1Cl)N1CCCC2(C1)OCCO2. The summed E-state index contributed by atoms with van der Waals surface area (Å²) in [5.74, 6) is -0.716. The van der Waals surface area contributed by atoms with Gasteiger partial charge in [-0.15, -0.1) is 11.3 Å². The van der Waals surface area contributed by atoms with Crippen molar-refractivity contribution in [1.82, 2.24) is 4.90 Å². The Morgan fingerprint density at radius 1 is 1.37 bits per heavy atom. The minimum Gasteiger partial charge on any atom is -0.346 e. The maximum Gasteiger partial charge on any atom is 0.256 e. The van der Waals surface area contributed by atoms with Crippen molar-refractivity contribution in [2.45, 2.75) is 18.6 Å². The Labute approximate surface area is 125 Å². The van der Waals surface area contributed by atoms with E-state index in [-0.39, 0.29) is 5.91 Å². The number of thiophene rings is 1. The number of likely N-dealkylation sites (tertiary alicyclic amines) is 1. The van der Waals surface area contributed by atoms with E-state index in [1.54, 1.807) is 11.0 Å². The lowest BCUT2D eigenvalue weighted by atomic mass is 10.0. The number of ether oxygens (including phenoxy) is 2. The molecular weight excluding hydrogens is 309 g/mol. The highest BCUT2D eigenvalue weighted by Gasteiger charge is 2.42. The minimum absolute atomic E-state index is 0.105. The number of halogens is 2. The van der Waals surface area contributed by atoms with E-state index in [4.69, 9.17) is 32.7 Å². The molecule has 1 spiro atoms. The van der Waals surface area contributed by atoms with Gasteiger partial charge in [-0.25, -0.2) is 0 Å². The Morgan fingerprint density at radius 2 is 2.11 bits per heavy atom. The van der Waals surface area contributed by atoms with Crippen molar-refractivity contribution in [3.05, 3.63) is 20.3 Å². The summed E-state index contributed by atoms with van der Waals surface area (Å²) >= 11 is 13.1. The van der Waals surface area contributed by atoms with Crippen LogP contribution in [0.1, 0.15) is 23.2 Å². The summed E-state index contributed by atoms with van der Waals surface area (Å²) < 4.78 is 12.3. The molecule has 7 heteroatoms. The highest BCUT2D eigenvalue weighted by atomic mass is 35.5. The number of carbonyl (C=O) groups is 1. The third kappa shape index (κ3) is 2.62. The van der Waals surface area contributed by atoms with Gasteiger partial charge in [-0.3, -0.25) is 4.79 Å². The fraction of sp³-hybridized carbons (Fsp3) is 0.583. The van der Waals surface area contributed by atoms with E-state index in [1.807, 2.05) is 0 Å². The number of hydrogen-bond acceptors (Lipinski definition) is 4. The average Bonchev–Trinajstić information content (AvgIpc) is 2.96. The molecule has 0 radical (unpaired) electrons. The molecule has 19 heavy (non-hydrogen) atoms. The monoisotopic (exact) mass is 321 g/mol. The van der Waals surface area contributed by atoms with Crippen LogP contribution < -0.4 is 0 Å². The number of hydrogen-bond donors (Lipinski definition) is 0. The van der Waals surface area contributed by atoms with Crippen LogP contribution in [0.2, 0.25) is 8.67 Å². The van der Waals surface area contributed by atoms with E-state index in [2.05, 4.69) is 0 Å². The number of amides is 1. The zero-order valence-corrected chi connectivity index (χ0v) is 12.5. The van der Waals surface area contributed by atoms with Crippen molar-refractivity contribution >= 4 is 40.4 Å². The van der Waals surface area contributed by atoms with Crippen LogP contribution in [0.15, 0.2) is 6.07 Å². The minimum atomic E-state index is -0.611. The van der Waals surface area contributed by atoms with Crippen molar-refractivity contribution in [1.29, 1.82) is 0 Å². The van der Waals surface area contributed by atoms with Gasteiger partial charge in [0.2, 0.25) is 0 Å². The Morgan fingerprint density at radius 3 is 2.74 bits per heavy atom. The van der Waals surface area contributed by atoms with Crippen LogP contribution >= 0.6 is 34.5 Å². The molecule has 0 saturated carbocycles. The fourth-order valence-corrected chi connectivity index (χ4v) is 4.00. The molecule has 3 rings (SSSR count). The highest BCUT2D eigenvalue weighted by molar-refractivity contribution is 7.20. The summed E-state index contributed by atoms with van der Waals surface area (Å²) in [5.41, 5.74) is 0.465. The van der Waals surface area contributed by atoms with Crippen LogP contribution in [0.3, 0.4) is 0 Å². The standard InChI is InChI=1S/C12H13Cl2NO3S/c13-9-6-8(10(14)19-9)11(16)15-3-1-2-12(7-15)17-4-5-18-12/h6H,1-5,7H2. The molecule has 2 aliphatic heterocycles. The van der Waals surface area contributed by atoms with Gasteiger partial charge in [0.05, 0.1) is 29.7 Å². The third-order valence-electron chi connectivity index (χ3n) is 3.41. The first-order chi connectivity index (χ1) is 9.10. The van der Waals surface area contributed by atoms with Gasteiger partial charge in [-0.05, 0) is 12.5 Å². The molecule has 0 bridgehead atoms. The zero-order valence-electron chi connectivity index (χ0n) is 10.2. The van der Waals surface area contributed by atoms with Crippen LogP contribution in [-0.4, -0.2) is 42.9 Å². The smallest absolute Gasteiger partial charge is 0.256 e. The largest absolute Gasteiger partial charge is 0.346 e. The lowest BCUT2D eigenvalue weighted by Gasteiger charge is -2.38.